The maximum absolute atomic E-state index is 12.9. The van der Waals surface area contributed by atoms with Crippen LogP contribution in [0.2, 0.25) is 13.1 Å². The zero-order valence-electron chi connectivity index (χ0n) is 14.4. The van der Waals surface area contributed by atoms with Crippen molar-refractivity contribution in [3.63, 3.8) is 0 Å². The van der Waals surface area contributed by atoms with E-state index in [9.17, 15) is 13.2 Å². The number of sulfonamides is 1. The van der Waals surface area contributed by atoms with Crippen LogP contribution in [0.1, 0.15) is 12.0 Å². The van der Waals surface area contributed by atoms with Gasteiger partial charge in [-0.05, 0) is 29.8 Å². The summed E-state index contributed by atoms with van der Waals surface area (Å²) in [6, 6.07) is 6.93. The number of Topliss-reactive ketones (excluding diaryl/α,β-unsaturated/α-hetero) is 1. The lowest BCUT2D eigenvalue weighted by atomic mass is 10.1. The third-order valence-electron chi connectivity index (χ3n) is 5.11. The number of carbonyl (C=O) groups is 1. The summed E-state index contributed by atoms with van der Waals surface area (Å²) in [7, 11) is -5.51. The van der Waals surface area contributed by atoms with Gasteiger partial charge in [0.1, 0.15) is 8.07 Å². The molecule has 2 aliphatic rings. The van der Waals surface area contributed by atoms with Gasteiger partial charge in [0.25, 0.3) is 0 Å². The molecule has 1 fully saturated rings. The molecule has 1 saturated heterocycles. The topological polar surface area (TPSA) is 54.5 Å². The summed E-state index contributed by atoms with van der Waals surface area (Å²) in [5.74, 6) is 0.235. The van der Waals surface area contributed by atoms with Gasteiger partial charge in [-0.15, -0.1) is 6.58 Å². The fourth-order valence-electron chi connectivity index (χ4n) is 3.63. The molecule has 0 aromatic heterocycles. The number of nitrogens with zero attached hydrogens (tertiary/aromatic N) is 1. The first kappa shape index (κ1) is 17.3. The lowest BCUT2D eigenvalue weighted by Crippen LogP contribution is -2.33. The van der Waals surface area contributed by atoms with Crippen molar-refractivity contribution in [3.8, 4) is 0 Å². The predicted molar refractivity (Wildman–Crippen MR) is 97.8 cm³/mol. The molecule has 1 heterocycles. The van der Waals surface area contributed by atoms with Crippen LogP contribution in [0.25, 0.3) is 0 Å². The molecule has 4 nitrogen and oxygen atoms in total. The Kier molecular flexibility index (Phi) is 4.18. The highest BCUT2D eigenvalue weighted by Gasteiger charge is 2.46. The maximum atomic E-state index is 12.9. The summed E-state index contributed by atoms with van der Waals surface area (Å²) in [5.41, 5.74) is 3.97. The highest BCUT2D eigenvalue weighted by atomic mass is 32.2. The van der Waals surface area contributed by atoms with Crippen molar-refractivity contribution in [2.45, 2.75) is 31.3 Å². The second-order valence-electron chi connectivity index (χ2n) is 7.26. The third kappa shape index (κ3) is 2.72. The first-order valence-corrected chi connectivity index (χ1v) is 12.7. The van der Waals surface area contributed by atoms with Crippen LogP contribution in [0, 0.1) is 12.8 Å². The van der Waals surface area contributed by atoms with Gasteiger partial charge in [0.05, 0.1) is 4.90 Å². The van der Waals surface area contributed by atoms with E-state index in [0.717, 1.165) is 16.3 Å². The van der Waals surface area contributed by atoms with Gasteiger partial charge in [-0.25, -0.2) is 8.42 Å². The molecule has 1 atom stereocenters. The molecular formula is C18H23NO3SSi. The van der Waals surface area contributed by atoms with Crippen molar-refractivity contribution in [2.24, 2.45) is 5.92 Å². The number of allylic oxidation sites excluding steroid dienone is 1. The fourth-order valence-corrected chi connectivity index (χ4v) is 7.23. The van der Waals surface area contributed by atoms with Crippen LogP contribution in [-0.2, 0) is 14.8 Å². The van der Waals surface area contributed by atoms with Crippen LogP contribution in [-0.4, -0.2) is 39.7 Å². The Bertz CT molecular complexity index is 838. The lowest BCUT2D eigenvalue weighted by molar-refractivity contribution is -0.114. The number of benzene rings is 1. The number of rotatable bonds is 4. The normalized spacial score (nSPS) is 22.1. The molecule has 0 amide bonds. The van der Waals surface area contributed by atoms with E-state index in [-0.39, 0.29) is 11.7 Å². The molecule has 0 bridgehead atoms. The van der Waals surface area contributed by atoms with Crippen LogP contribution >= 0.6 is 0 Å². The molecule has 0 radical (unpaired) electrons. The van der Waals surface area contributed by atoms with Gasteiger partial charge in [0, 0.05) is 25.4 Å². The number of hydrogen-bond donors (Lipinski definition) is 0. The number of carbonyl (C=O) groups excluding carboxylic acids is 1. The van der Waals surface area contributed by atoms with Crippen molar-refractivity contribution in [1.82, 2.24) is 4.31 Å². The first-order valence-electron chi connectivity index (χ1n) is 8.14. The predicted octanol–water partition coefficient (Wildman–Crippen LogP) is 2.86. The lowest BCUT2D eigenvalue weighted by Gasteiger charge is -2.21. The van der Waals surface area contributed by atoms with Gasteiger partial charge in [-0.2, -0.15) is 4.31 Å². The molecule has 1 unspecified atom stereocenters. The van der Waals surface area contributed by atoms with Crippen molar-refractivity contribution in [1.29, 1.82) is 0 Å². The van der Waals surface area contributed by atoms with Crippen molar-refractivity contribution in [2.75, 3.05) is 13.1 Å². The molecule has 3 rings (SSSR count). The van der Waals surface area contributed by atoms with Crippen molar-refractivity contribution in [3.05, 3.63) is 52.9 Å². The molecule has 0 N–H and O–H groups in total. The van der Waals surface area contributed by atoms with Crippen LogP contribution in [0.3, 0.4) is 0 Å². The highest BCUT2D eigenvalue weighted by Crippen LogP contribution is 2.41. The molecule has 128 valence electrons. The average Bonchev–Trinajstić information content (AvgIpc) is 3.04. The fraction of sp³-hybridized carbons (Fsp3) is 0.389. The van der Waals surface area contributed by atoms with Gasteiger partial charge in [0.2, 0.25) is 10.0 Å². The van der Waals surface area contributed by atoms with E-state index in [1.165, 1.54) is 4.31 Å². The minimum Gasteiger partial charge on any atom is -0.295 e. The Balaban J connectivity index is 1.97. The van der Waals surface area contributed by atoms with Crippen LogP contribution in [0.4, 0.5) is 0 Å². The Labute approximate surface area is 144 Å². The molecular weight excluding hydrogens is 338 g/mol. The van der Waals surface area contributed by atoms with Gasteiger partial charge in [-0.3, -0.25) is 4.79 Å². The molecule has 1 aliphatic carbocycles. The number of ketones is 1. The highest BCUT2D eigenvalue weighted by molar-refractivity contribution is 7.89. The van der Waals surface area contributed by atoms with E-state index in [2.05, 4.69) is 19.7 Å². The van der Waals surface area contributed by atoms with E-state index in [1.54, 1.807) is 12.1 Å². The SMILES string of the molecule is C=C[Si](C)(C)C1=C2CN(S(=O)(=O)c3ccc(C)cc3)CC2CC1=O. The third-order valence-corrected chi connectivity index (χ3v) is 9.84. The van der Waals surface area contributed by atoms with E-state index in [1.807, 2.05) is 24.8 Å². The zero-order chi connectivity index (χ0) is 17.7. The van der Waals surface area contributed by atoms with Gasteiger partial charge < -0.3 is 0 Å². The molecule has 1 aromatic carbocycles. The van der Waals surface area contributed by atoms with E-state index < -0.39 is 18.1 Å². The van der Waals surface area contributed by atoms with Crippen molar-refractivity contribution < 1.29 is 13.2 Å². The van der Waals surface area contributed by atoms with E-state index in [4.69, 9.17) is 0 Å². The summed E-state index contributed by atoms with van der Waals surface area (Å²) in [5, 5.41) is 0.893. The van der Waals surface area contributed by atoms with Crippen molar-refractivity contribution >= 4 is 23.9 Å². The second kappa shape index (κ2) is 5.79. The van der Waals surface area contributed by atoms with E-state index in [0.29, 0.717) is 24.4 Å². The molecule has 0 saturated carbocycles. The number of hydrogen-bond acceptors (Lipinski definition) is 3. The van der Waals surface area contributed by atoms with Crippen LogP contribution in [0.15, 0.2) is 52.2 Å². The van der Waals surface area contributed by atoms with E-state index >= 15 is 0 Å². The summed E-state index contributed by atoms with van der Waals surface area (Å²) in [6.07, 6.45) is 0.439. The first-order chi connectivity index (χ1) is 11.2. The summed E-state index contributed by atoms with van der Waals surface area (Å²) >= 11 is 0. The molecule has 24 heavy (non-hydrogen) atoms. The minimum atomic E-state index is -3.51. The summed E-state index contributed by atoms with van der Waals surface area (Å²) in [4.78, 5) is 12.7. The maximum Gasteiger partial charge on any atom is 0.243 e. The van der Waals surface area contributed by atoms with Gasteiger partial charge in [0.15, 0.2) is 5.78 Å². The second-order valence-corrected chi connectivity index (χ2v) is 13.6. The molecule has 6 heteroatoms. The Morgan fingerprint density at radius 3 is 2.46 bits per heavy atom. The Hall–Kier alpha value is -1.50. The number of fused-ring (bicyclic) bond motifs is 1. The molecule has 0 spiro atoms. The minimum absolute atomic E-state index is 0.0412. The van der Waals surface area contributed by atoms with Gasteiger partial charge in [-0.1, -0.05) is 36.5 Å². The largest absolute Gasteiger partial charge is 0.295 e. The zero-order valence-corrected chi connectivity index (χ0v) is 16.2. The standard InChI is InChI=1S/C18H23NO3SSi/c1-5-24(3,4)18-16-12-19(11-14(16)10-17(18)20)23(21,22)15-8-6-13(2)7-9-15/h5-9,14H,1,10-12H2,2-4H3. The van der Waals surface area contributed by atoms with Crippen LogP contribution < -0.4 is 0 Å². The quantitative estimate of drug-likeness (QED) is 0.775. The smallest absolute Gasteiger partial charge is 0.243 e. The Morgan fingerprint density at radius 2 is 1.88 bits per heavy atom. The summed E-state index contributed by atoms with van der Waals surface area (Å²) < 4.78 is 27.3. The monoisotopic (exact) mass is 361 g/mol. The number of aryl methyl sites for hydroxylation is 1. The van der Waals surface area contributed by atoms with Crippen LogP contribution in [0.5, 0.6) is 0 Å². The summed E-state index contributed by atoms with van der Waals surface area (Å²) in [6.45, 7) is 10.8. The molecule has 1 aromatic rings. The average molecular weight is 362 g/mol. The van der Waals surface area contributed by atoms with Gasteiger partial charge >= 0.3 is 0 Å². The molecule has 1 aliphatic heterocycles. The Morgan fingerprint density at radius 1 is 1.25 bits per heavy atom.